The normalized spacial score (nSPS) is 15.5. The van der Waals surface area contributed by atoms with E-state index >= 15 is 0 Å². The van der Waals surface area contributed by atoms with Gasteiger partial charge in [-0.05, 0) is 85.1 Å². The number of amides is 3. The number of pyridine rings is 2. The molecule has 2 aromatic carbocycles. The van der Waals surface area contributed by atoms with E-state index in [0.29, 0.717) is 48.9 Å². The van der Waals surface area contributed by atoms with Gasteiger partial charge in [-0.15, -0.1) is 0 Å². The van der Waals surface area contributed by atoms with Crippen molar-refractivity contribution in [2.45, 2.75) is 44.8 Å². The molecule has 2 aliphatic heterocycles. The Kier molecular flexibility index (Phi) is 15.2. The number of Topliss-reactive ketones (excluding diaryl/α,β-unsaturated/α-hetero) is 1. The van der Waals surface area contributed by atoms with Crippen molar-refractivity contribution in [1.29, 1.82) is 0 Å². The number of hydrazine groups is 1. The minimum absolute atomic E-state index is 0.0419. The van der Waals surface area contributed by atoms with E-state index in [1.807, 2.05) is 12.1 Å². The van der Waals surface area contributed by atoms with Gasteiger partial charge < -0.3 is 34.6 Å². The Morgan fingerprint density at radius 3 is 1.98 bits per heavy atom. The summed E-state index contributed by atoms with van der Waals surface area (Å²) in [6.45, 7) is 3.63. The second kappa shape index (κ2) is 20.8. The highest BCUT2D eigenvalue weighted by molar-refractivity contribution is 5.91. The quantitative estimate of drug-likeness (QED) is 0.0623. The predicted molar refractivity (Wildman–Crippen MR) is 214 cm³/mol. The summed E-state index contributed by atoms with van der Waals surface area (Å²) in [6, 6.07) is 15.7. The number of anilines is 3. The number of nitrogen functional groups attached to an aromatic ring is 1. The molecule has 3 amide bonds. The van der Waals surface area contributed by atoms with Gasteiger partial charge in [0.2, 0.25) is 5.91 Å². The third kappa shape index (κ3) is 11.6. The van der Waals surface area contributed by atoms with Crippen molar-refractivity contribution in [3.63, 3.8) is 0 Å². The highest BCUT2D eigenvalue weighted by atomic mass is 19.1. The monoisotopic (exact) mass is 825 g/mol. The number of hydrogen-bond donors (Lipinski definition) is 3. The highest BCUT2D eigenvalue weighted by Crippen LogP contribution is 2.28. The molecule has 5 heterocycles. The summed E-state index contributed by atoms with van der Waals surface area (Å²) in [5.41, 5.74) is 5.85. The molecule has 5 aromatic rings. The van der Waals surface area contributed by atoms with Crippen molar-refractivity contribution in [1.82, 2.24) is 25.1 Å². The van der Waals surface area contributed by atoms with Gasteiger partial charge in [0, 0.05) is 49.9 Å². The van der Waals surface area contributed by atoms with E-state index in [-0.39, 0.29) is 42.3 Å². The van der Waals surface area contributed by atoms with Gasteiger partial charge in [0.25, 0.3) is 0 Å². The molecule has 0 unspecified atom stereocenters. The number of ketones is 1. The van der Waals surface area contributed by atoms with Gasteiger partial charge in [0.15, 0.2) is 5.82 Å². The molecule has 19 heteroatoms. The fraction of sp³-hybridized carbons (Fsp3) is 0.244. The van der Waals surface area contributed by atoms with E-state index in [2.05, 4.69) is 25.8 Å². The van der Waals surface area contributed by atoms with Gasteiger partial charge in [0.1, 0.15) is 42.1 Å². The molecule has 2 aliphatic rings. The zero-order valence-electron chi connectivity index (χ0n) is 32.4. The molecule has 0 aliphatic carbocycles. The molecular weight excluding hydrogens is 785 g/mol. The summed E-state index contributed by atoms with van der Waals surface area (Å²) < 4.78 is 40.2. The number of nitrogens with two attached hydrogens (primary N) is 1. The largest absolute Gasteiger partial charge is 0.444 e. The standard InChI is InChI=1S/C21H19FN4O3.C12H15FN4O3.C8H7NO2/c1-14(27)2-4-18-13-25(21(28)29-18)17-3-5-20(19(22)10-17)26-12-16(11-24-26)15-6-8-23-9-7-15;1-7(18)15-5-9-6-17(12(19)20-9)8-2-3-11(16-14)10(13)4-8;10-5-8(6-11)7-1-3-9-4-2-7/h3,5-12,18H,2,4,13H2,1H3;2-4,9,16H,5-6,14H2,1H3,(H,15,18);1-6,8H/t18-;9-;/m00./s1. The summed E-state index contributed by atoms with van der Waals surface area (Å²) >= 11 is 0. The van der Waals surface area contributed by atoms with Crippen LogP contribution in [-0.2, 0) is 28.7 Å². The van der Waals surface area contributed by atoms with Gasteiger partial charge in [-0.2, -0.15) is 5.10 Å². The lowest BCUT2D eigenvalue weighted by Crippen LogP contribution is -2.33. The van der Waals surface area contributed by atoms with Crippen LogP contribution < -0.4 is 26.4 Å². The Bertz CT molecular complexity index is 2290. The van der Waals surface area contributed by atoms with Crippen LogP contribution in [0.3, 0.4) is 0 Å². The summed E-state index contributed by atoms with van der Waals surface area (Å²) in [7, 11) is 0. The van der Waals surface area contributed by atoms with E-state index in [4.69, 9.17) is 15.3 Å². The average Bonchev–Trinajstić information content (AvgIpc) is 3.99. The number of hydrogen-bond acceptors (Lipinski definition) is 13. The van der Waals surface area contributed by atoms with Crippen molar-refractivity contribution in [3.8, 4) is 16.8 Å². The van der Waals surface area contributed by atoms with E-state index in [0.717, 1.165) is 11.1 Å². The lowest BCUT2D eigenvalue weighted by Gasteiger charge is -2.14. The van der Waals surface area contributed by atoms with Crippen LogP contribution in [0.25, 0.3) is 16.8 Å². The highest BCUT2D eigenvalue weighted by Gasteiger charge is 2.34. The van der Waals surface area contributed by atoms with E-state index in [9.17, 15) is 37.5 Å². The third-order valence-electron chi connectivity index (χ3n) is 9.04. The molecule has 7 rings (SSSR count). The Labute approximate surface area is 342 Å². The number of nitrogens with zero attached hydrogens (tertiary/aromatic N) is 6. The van der Waals surface area contributed by atoms with Crippen molar-refractivity contribution in [2.75, 3.05) is 34.9 Å². The maximum atomic E-state index is 14.8. The van der Waals surface area contributed by atoms with Gasteiger partial charge in [-0.25, -0.2) is 23.1 Å². The molecule has 60 heavy (non-hydrogen) atoms. The fourth-order valence-corrected chi connectivity index (χ4v) is 5.90. The van der Waals surface area contributed by atoms with Crippen LogP contribution in [0.5, 0.6) is 0 Å². The summed E-state index contributed by atoms with van der Waals surface area (Å²) in [5, 5.41) is 6.80. The zero-order chi connectivity index (χ0) is 43.2. The molecule has 3 aromatic heterocycles. The minimum atomic E-state index is -0.641. The van der Waals surface area contributed by atoms with Gasteiger partial charge >= 0.3 is 12.2 Å². The first kappa shape index (κ1) is 43.7. The number of benzene rings is 2. The third-order valence-corrected chi connectivity index (χ3v) is 9.04. The first-order chi connectivity index (χ1) is 28.9. The van der Waals surface area contributed by atoms with Crippen molar-refractivity contribution < 1.29 is 47.0 Å². The lowest BCUT2D eigenvalue weighted by molar-refractivity contribution is -0.119. The molecule has 2 atom stereocenters. The number of nitrogens with one attached hydrogen (secondary N) is 2. The molecule has 0 bridgehead atoms. The maximum absolute atomic E-state index is 14.8. The first-order valence-corrected chi connectivity index (χ1v) is 18.4. The molecule has 0 radical (unpaired) electrons. The number of ether oxygens (including phenoxy) is 2. The topological polar surface area (TPSA) is 221 Å². The van der Waals surface area contributed by atoms with Crippen LogP contribution in [0, 0.1) is 11.6 Å². The second-order valence-electron chi connectivity index (χ2n) is 13.3. The molecule has 0 saturated carbocycles. The molecule has 2 saturated heterocycles. The Morgan fingerprint density at radius 1 is 0.833 bits per heavy atom. The van der Waals surface area contributed by atoms with E-state index in [1.165, 1.54) is 46.5 Å². The molecule has 2 fully saturated rings. The van der Waals surface area contributed by atoms with Crippen molar-refractivity contribution >= 4 is 53.5 Å². The predicted octanol–water partition coefficient (Wildman–Crippen LogP) is 4.90. The zero-order valence-corrected chi connectivity index (χ0v) is 32.4. The number of aldehydes is 2. The van der Waals surface area contributed by atoms with Crippen LogP contribution in [0.15, 0.2) is 97.8 Å². The number of rotatable bonds is 13. The van der Waals surface area contributed by atoms with Gasteiger partial charge in [-0.1, -0.05) is 0 Å². The van der Waals surface area contributed by atoms with Crippen LogP contribution in [0.4, 0.5) is 35.4 Å². The minimum Gasteiger partial charge on any atom is -0.444 e. The average molecular weight is 826 g/mol. The fourth-order valence-electron chi connectivity index (χ4n) is 5.90. The van der Waals surface area contributed by atoms with Crippen LogP contribution >= 0.6 is 0 Å². The van der Waals surface area contributed by atoms with Crippen molar-refractivity contribution in [3.05, 3.63) is 115 Å². The van der Waals surface area contributed by atoms with Crippen molar-refractivity contribution in [2.24, 2.45) is 5.84 Å². The van der Waals surface area contributed by atoms with E-state index < -0.39 is 35.8 Å². The number of cyclic esters (lactones) is 2. The second-order valence-corrected chi connectivity index (χ2v) is 13.3. The smallest absolute Gasteiger partial charge is 0.414 e. The summed E-state index contributed by atoms with van der Waals surface area (Å²) in [4.78, 5) is 76.8. The maximum Gasteiger partial charge on any atom is 0.414 e. The number of carbonyl (C=O) groups excluding carboxylic acids is 6. The van der Waals surface area contributed by atoms with Gasteiger partial charge in [-0.3, -0.25) is 30.4 Å². The summed E-state index contributed by atoms with van der Waals surface area (Å²) in [5.74, 6) is 3.26. The van der Waals surface area contributed by atoms with E-state index in [1.54, 1.807) is 67.5 Å². The van der Waals surface area contributed by atoms with Crippen LogP contribution in [-0.4, -0.2) is 88.0 Å². The molecule has 17 nitrogen and oxygen atoms in total. The Morgan fingerprint density at radius 2 is 1.42 bits per heavy atom. The Hall–Kier alpha value is -7.41. The molecule has 312 valence electrons. The number of halogens is 2. The van der Waals surface area contributed by atoms with Crippen LogP contribution in [0.1, 0.15) is 38.2 Å². The molecular formula is C41H41F2N9O8. The lowest BCUT2D eigenvalue weighted by atomic mass is 10.0. The molecule has 4 N–H and O–H groups in total. The molecule has 0 spiro atoms. The first-order valence-electron chi connectivity index (χ1n) is 18.4. The van der Waals surface area contributed by atoms with Crippen LogP contribution in [0.2, 0.25) is 0 Å². The SMILES string of the molecule is CC(=O)CC[C@H]1CN(c2ccc(-n3cc(-c4ccncc4)cn3)c(F)c2)C(=O)O1.CC(=O)NC[C@H]1CN(c2ccc(NN)c(F)c2)C(=O)O1.O=CC(C=O)c1ccncc1. The summed E-state index contributed by atoms with van der Waals surface area (Å²) in [6.07, 6.45) is 9.94. The number of aromatic nitrogens is 4. The van der Waals surface area contributed by atoms with Gasteiger partial charge in [0.05, 0.1) is 48.8 Å². The Balaban J connectivity index is 0.000000190. The number of carbonyl (C=O) groups is 6.